The van der Waals surface area contributed by atoms with Crippen molar-refractivity contribution < 1.29 is 28.6 Å². The van der Waals surface area contributed by atoms with Gasteiger partial charge in [-0.15, -0.1) is 0 Å². The minimum Gasteiger partial charge on any atom is -0.462 e. The molecule has 1 aliphatic heterocycles. The topological polar surface area (TPSA) is 78.9 Å². The Morgan fingerprint density at radius 1 is 1.19 bits per heavy atom. The zero-order chi connectivity index (χ0) is 20.3. The summed E-state index contributed by atoms with van der Waals surface area (Å²) in [6, 6.07) is 0. The SMILES string of the molecule is CC(=O)OC1C/C=C(/C)CC(OC(=O)C(C)C)[C@H]2[C@H](C)C(=O)O[C@@H]2C[C@H]1C. The van der Waals surface area contributed by atoms with E-state index in [2.05, 4.69) is 0 Å². The molecule has 0 amide bonds. The highest BCUT2D eigenvalue weighted by Gasteiger charge is 2.48. The van der Waals surface area contributed by atoms with Gasteiger partial charge in [-0.25, -0.2) is 0 Å². The molecule has 0 aromatic rings. The van der Waals surface area contributed by atoms with E-state index < -0.39 is 6.10 Å². The molecular formula is C21H32O6. The lowest BCUT2D eigenvalue weighted by atomic mass is 9.79. The lowest BCUT2D eigenvalue weighted by Gasteiger charge is -2.33. The lowest BCUT2D eigenvalue weighted by Crippen LogP contribution is -2.39. The molecule has 6 heteroatoms. The number of carbonyl (C=O) groups is 3. The summed E-state index contributed by atoms with van der Waals surface area (Å²) in [5.41, 5.74) is 1.05. The van der Waals surface area contributed by atoms with E-state index in [1.165, 1.54) is 6.92 Å². The molecule has 0 aromatic heterocycles. The van der Waals surface area contributed by atoms with Crippen molar-refractivity contribution in [2.45, 2.75) is 79.1 Å². The van der Waals surface area contributed by atoms with Crippen molar-refractivity contribution in [2.75, 3.05) is 0 Å². The molecule has 0 bridgehead atoms. The normalized spacial score (nSPS) is 36.3. The van der Waals surface area contributed by atoms with Gasteiger partial charge in [0.25, 0.3) is 0 Å². The van der Waals surface area contributed by atoms with Gasteiger partial charge < -0.3 is 14.2 Å². The quantitative estimate of drug-likeness (QED) is 0.424. The summed E-state index contributed by atoms with van der Waals surface area (Å²) in [5.74, 6) is -1.60. The Balaban J connectivity index is 2.34. The summed E-state index contributed by atoms with van der Waals surface area (Å²) in [5, 5.41) is 0. The van der Waals surface area contributed by atoms with Crippen LogP contribution >= 0.6 is 0 Å². The summed E-state index contributed by atoms with van der Waals surface area (Å²) in [4.78, 5) is 36.0. The summed E-state index contributed by atoms with van der Waals surface area (Å²) < 4.78 is 17.0. The van der Waals surface area contributed by atoms with Crippen LogP contribution in [0.25, 0.3) is 0 Å². The summed E-state index contributed by atoms with van der Waals surface area (Å²) in [6.45, 7) is 10.8. The maximum atomic E-state index is 12.3. The van der Waals surface area contributed by atoms with Crippen molar-refractivity contribution in [1.29, 1.82) is 0 Å². The first-order valence-electron chi connectivity index (χ1n) is 9.84. The molecule has 2 rings (SSSR count). The smallest absolute Gasteiger partial charge is 0.309 e. The molecule has 1 saturated heterocycles. The number of fused-ring (bicyclic) bond motifs is 1. The van der Waals surface area contributed by atoms with Gasteiger partial charge in [0, 0.05) is 25.7 Å². The van der Waals surface area contributed by atoms with Crippen molar-refractivity contribution in [2.24, 2.45) is 23.7 Å². The zero-order valence-corrected chi connectivity index (χ0v) is 17.2. The summed E-state index contributed by atoms with van der Waals surface area (Å²) in [7, 11) is 0. The number of hydrogen-bond donors (Lipinski definition) is 0. The van der Waals surface area contributed by atoms with Crippen molar-refractivity contribution in [3.8, 4) is 0 Å². The van der Waals surface area contributed by atoms with E-state index in [1.807, 2.05) is 26.8 Å². The van der Waals surface area contributed by atoms with Gasteiger partial charge in [0.2, 0.25) is 0 Å². The third-order valence-corrected chi connectivity index (χ3v) is 5.59. The second-order valence-corrected chi connectivity index (χ2v) is 8.32. The Bertz CT molecular complexity index is 608. The van der Waals surface area contributed by atoms with Crippen molar-refractivity contribution in [1.82, 2.24) is 0 Å². The van der Waals surface area contributed by atoms with E-state index in [9.17, 15) is 14.4 Å². The predicted molar refractivity (Wildman–Crippen MR) is 99.6 cm³/mol. The van der Waals surface area contributed by atoms with Crippen LogP contribution in [0.2, 0.25) is 0 Å². The molecule has 0 N–H and O–H groups in total. The fourth-order valence-electron chi connectivity index (χ4n) is 3.97. The Morgan fingerprint density at radius 2 is 1.85 bits per heavy atom. The van der Waals surface area contributed by atoms with Crippen LogP contribution in [-0.2, 0) is 28.6 Å². The minimum atomic E-state index is -0.403. The predicted octanol–water partition coefficient (Wildman–Crippen LogP) is 3.43. The Labute approximate surface area is 161 Å². The number of hydrogen-bond acceptors (Lipinski definition) is 6. The van der Waals surface area contributed by atoms with Gasteiger partial charge in [0.1, 0.15) is 18.3 Å². The Hall–Kier alpha value is -1.85. The van der Waals surface area contributed by atoms with Crippen molar-refractivity contribution >= 4 is 17.9 Å². The standard InChI is InChI=1S/C21H32O6/c1-11(2)20(23)26-17-9-12(3)7-8-16(25-15(6)22)13(4)10-18-19(17)14(5)21(24)27-18/h7,11,13-14,16-19H,8-10H2,1-6H3/b12-7-/t13-,14+,16?,17?,18-,19-/m1/s1. The van der Waals surface area contributed by atoms with Crippen LogP contribution < -0.4 is 0 Å². The highest BCUT2D eigenvalue weighted by molar-refractivity contribution is 5.75. The number of rotatable bonds is 3. The largest absolute Gasteiger partial charge is 0.462 e. The molecular weight excluding hydrogens is 348 g/mol. The molecule has 2 aliphatic rings. The van der Waals surface area contributed by atoms with Crippen LogP contribution in [0.15, 0.2) is 11.6 Å². The van der Waals surface area contributed by atoms with Crippen LogP contribution in [0, 0.1) is 23.7 Å². The summed E-state index contributed by atoms with van der Waals surface area (Å²) in [6.07, 6.45) is 2.74. The monoisotopic (exact) mass is 380 g/mol. The third kappa shape index (κ3) is 5.33. The van der Waals surface area contributed by atoms with Gasteiger partial charge in [-0.1, -0.05) is 39.3 Å². The molecule has 1 heterocycles. The third-order valence-electron chi connectivity index (χ3n) is 5.59. The van der Waals surface area contributed by atoms with Crippen LogP contribution in [0.3, 0.4) is 0 Å². The minimum absolute atomic E-state index is 0.0168. The molecule has 0 aromatic carbocycles. The van der Waals surface area contributed by atoms with Gasteiger partial charge in [-0.05, 0) is 19.3 Å². The fourth-order valence-corrected chi connectivity index (χ4v) is 3.97. The van der Waals surface area contributed by atoms with Gasteiger partial charge in [0.15, 0.2) is 0 Å². The number of esters is 3. The second kappa shape index (κ2) is 8.89. The number of ether oxygens (including phenoxy) is 3. The van der Waals surface area contributed by atoms with Crippen LogP contribution in [0.4, 0.5) is 0 Å². The average molecular weight is 380 g/mol. The Kier molecular flexibility index (Phi) is 7.06. The fraction of sp³-hybridized carbons (Fsp3) is 0.762. The first kappa shape index (κ1) is 21.5. The van der Waals surface area contributed by atoms with E-state index in [4.69, 9.17) is 14.2 Å². The van der Waals surface area contributed by atoms with E-state index >= 15 is 0 Å². The molecule has 0 radical (unpaired) electrons. The molecule has 27 heavy (non-hydrogen) atoms. The Morgan fingerprint density at radius 3 is 2.44 bits per heavy atom. The lowest BCUT2D eigenvalue weighted by molar-refractivity contribution is -0.158. The zero-order valence-electron chi connectivity index (χ0n) is 17.2. The van der Waals surface area contributed by atoms with Gasteiger partial charge >= 0.3 is 17.9 Å². The maximum Gasteiger partial charge on any atom is 0.309 e. The molecule has 6 atom stereocenters. The molecule has 152 valence electrons. The molecule has 1 fully saturated rings. The summed E-state index contributed by atoms with van der Waals surface area (Å²) >= 11 is 0. The molecule has 6 nitrogen and oxygen atoms in total. The first-order valence-corrected chi connectivity index (χ1v) is 9.84. The molecule has 1 aliphatic carbocycles. The molecule has 2 unspecified atom stereocenters. The van der Waals surface area contributed by atoms with E-state index in [-0.39, 0.29) is 53.8 Å². The van der Waals surface area contributed by atoms with E-state index in [0.717, 1.165) is 5.57 Å². The van der Waals surface area contributed by atoms with Crippen LogP contribution in [0.5, 0.6) is 0 Å². The first-order chi connectivity index (χ1) is 12.6. The molecule has 0 spiro atoms. The molecule has 0 saturated carbocycles. The van der Waals surface area contributed by atoms with Gasteiger partial charge in [0.05, 0.1) is 11.8 Å². The van der Waals surface area contributed by atoms with Crippen molar-refractivity contribution in [3.63, 3.8) is 0 Å². The number of carbonyl (C=O) groups excluding carboxylic acids is 3. The highest BCUT2D eigenvalue weighted by Crippen LogP contribution is 2.39. The van der Waals surface area contributed by atoms with E-state index in [0.29, 0.717) is 19.3 Å². The second-order valence-electron chi connectivity index (χ2n) is 8.32. The van der Waals surface area contributed by atoms with Crippen LogP contribution in [0.1, 0.15) is 60.8 Å². The maximum absolute atomic E-state index is 12.3. The van der Waals surface area contributed by atoms with Gasteiger partial charge in [-0.2, -0.15) is 0 Å². The van der Waals surface area contributed by atoms with E-state index in [1.54, 1.807) is 13.8 Å². The highest BCUT2D eigenvalue weighted by atomic mass is 16.6. The average Bonchev–Trinajstić information content (AvgIpc) is 2.83. The van der Waals surface area contributed by atoms with Crippen molar-refractivity contribution in [3.05, 3.63) is 11.6 Å². The van der Waals surface area contributed by atoms with Crippen LogP contribution in [-0.4, -0.2) is 36.2 Å². The van der Waals surface area contributed by atoms with Gasteiger partial charge in [-0.3, -0.25) is 14.4 Å².